The maximum Gasteiger partial charge on any atom is 0.239 e. The average Bonchev–Trinajstić information content (AvgIpc) is 2.63. The molecule has 0 fully saturated rings. The smallest absolute Gasteiger partial charge is 0.239 e. The molecule has 0 bridgehead atoms. The number of isocyanates is 1. The van der Waals surface area contributed by atoms with Crippen molar-refractivity contribution in [2.24, 2.45) is 4.99 Å². The van der Waals surface area contributed by atoms with E-state index >= 15 is 0 Å². The van der Waals surface area contributed by atoms with Crippen molar-refractivity contribution in [3.63, 3.8) is 0 Å². The lowest BCUT2D eigenvalue weighted by atomic mass is 10.0. The Morgan fingerprint density at radius 1 is 1.50 bits per heavy atom. The van der Waals surface area contributed by atoms with Gasteiger partial charge in [-0.3, -0.25) is 0 Å². The van der Waals surface area contributed by atoms with Crippen LogP contribution in [0.25, 0.3) is 0 Å². The largest absolute Gasteiger partial charge is 0.384 e. The molecule has 70 valence electrons. The van der Waals surface area contributed by atoms with Gasteiger partial charge in [0.15, 0.2) is 0 Å². The second-order valence-electron chi connectivity index (χ2n) is 3.14. The van der Waals surface area contributed by atoms with Gasteiger partial charge in [0.25, 0.3) is 0 Å². The lowest BCUT2D eigenvalue weighted by Gasteiger charge is -2.01. The second-order valence-corrected chi connectivity index (χ2v) is 3.14. The first-order chi connectivity index (χ1) is 6.92. The number of rotatable bonds is 2. The number of fused-ring (bicyclic) bond motifs is 1. The third-order valence-corrected chi connectivity index (χ3v) is 2.32. The number of nitrogens with zero attached hydrogens (tertiary/aromatic N) is 1. The van der Waals surface area contributed by atoms with Crippen LogP contribution < -0.4 is 5.32 Å². The molecule has 3 nitrogen and oxygen atoms in total. The molecule has 0 radical (unpaired) electrons. The van der Waals surface area contributed by atoms with Crippen LogP contribution in [0.15, 0.2) is 41.5 Å². The first-order valence-electron chi connectivity index (χ1n) is 4.48. The lowest BCUT2D eigenvalue weighted by molar-refractivity contribution is 0.565. The number of nitrogens with one attached hydrogen (secondary N) is 1. The van der Waals surface area contributed by atoms with E-state index in [1.165, 1.54) is 17.8 Å². The van der Waals surface area contributed by atoms with Crippen molar-refractivity contribution in [1.29, 1.82) is 0 Å². The molecular formula is C11H10N2O. The highest BCUT2D eigenvalue weighted by atomic mass is 16.1. The van der Waals surface area contributed by atoms with Crippen molar-refractivity contribution in [1.82, 2.24) is 0 Å². The normalized spacial score (nSPS) is 18.7. The van der Waals surface area contributed by atoms with Crippen molar-refractivity contribution < 1.29 is 4.79 Å². The van der Waals surface area contributed by atoms with Gasteiger partial charge in [0, 0.05) is 24.4 Å². The Labute approximate surface area is 82.2 Å². The summed E-state index contributed by atoms with van der Waals surface area (Å²) in [5.74, 6) is 0.309. The molecule has 0 saturated heterocycles. The molecule has 1 N–H and O–H groups in total. The molecule has 14 heavy (non-hydrogen) atoms. The van der Waals surface area contributed by atoms with Gasteiger partial charge in [0.05, 0.1) is 0 Å². The van der Waals surface area contributed by atoms with Gasteiger partial charge >= 0.3 is 0 Å². The summed E-state index contributed by atoms with van der Waals surface area (Å²) in [6, 6.07) is 8.14. The van der Waals surface area contributed by atoms with E-state index in [0.717, 1.165) is 12.2 Å². The summed E-state index contributed by atoms with van der Waals surface area (Å²) in [4.78, 5) is 13.3. The molecule has 0 saturated carbocycles. The average molecular weight is 186 g/mol. The van der Waals surface area contributed by atoms with Gasteiger partial charge in [-0.15, -0.1) is 0 Å². The monoisotopic (exact) mass is 186 g/mol. The summed E-state index contributed by atoms with van der Waals surface area (Å²) in [6.45, 7) is 0.865. The molecule has 2 rings (SSSR count). The van der Waals surface area contributed by atoms with Crippen molar-refractivity contribution in [3.05, 3.63) is 42.1 Å². The molecule has 1 heterocycles. The Hall–Kier alpha value is -1.86. The van der Waals surface area contributed by atoms with Gasteiger partial charge in [-0.25, -0.2) is 4.79 Å². The van der Waals surface area contributed by atoms with Crippen LogP contribution >= 0.6 is 0 Å². The Morgan fingerprint density at radius 2 is 2.36 bits per heavy atom. The van der Waals surface area contributed by atoms with E-state index in [1.807, 2.05) is 24.3 Å². The molecule has 0 amide bonds. The summed E-state index contributed by atoms with van der Waals surface area (Å²) in [5, 5.41) is 3.29. The topological polar surface area (TPSA) is 41.5 Å². The molecule has 1 atom stereocenters. The predicted molar refractivity (Wildman–Crippen MR) is 54.9 cm³/mol. The number of para-hydroxylation sites is 1. The van der Waals surface area contributed by atoms with Crippen molar-refractivity contribution >= 4 is 11.8 Å². The second kappa shape index (κ2) is 3.90. The molecule has 0 aliphatic carbocycles. The maximum absolute atomic E-state index is 9.87. The van der Waals surface area contributed by atoms with Crippen LogP contribution in [0, 0.1) is 0 Å². The highest BCUT2D eigenvalue weighted by Crippen LogP contribution is 2.31. The molecule has 3 heteroatoms. The number of hydrogen-bond donors (Lipinski definition) is 1. The minimum atomic E-state index is 0.309. The van der Waals surface area contributed by atoms with Gasteiger partial charge in [-0.05, 0) is 11.6 Å². The molecule has 1 aromatic rings. The third kappa shape index (κ3) is 1.58. The number of aliphatic imine (C=N–C) groups is 1. The molecular weight excluding hydrogens is 176 g/mol. The van der Waals surface area contributed by atoms with E-state index in [-0.39, 0.29) is 0 Å². The minimum Gasteiger partial charge on any atom is -0.384 e. The SMILES string of the molecule is O=C=N/C=C\C1CNc2ccccc21. The van der Waals surface area contributed by atoms with Gasteiger partial charge in [0.2, 0.25) is 6.08 Å². The van der Waals surface area contributed by atoms with Crippen LogP contribution in [-0.2, 0) is 4.79 Å². The quantitative estimate of drug-likeness (QED) is 0.567. The first-order valence-corrected chi connectivity index (χ1v) is 4.48. The van der Waals surface area contributed by atoms with Crippen molar-refractivity contribution in [3.8, 4) is 0 Å². The zero-order chi connectivity index (χ0) is 9.80. The van der Waals surface area contributed by atoms with E-state index in [9.17, 15) is 4.79 Å². The Morgan fingerprint density at radius 3 is 3.21 bits per heavy atom. The van der Waals surface area contributed by atoms with Crippen molar-refractivity contribution in [2.75, 3.05) is 11.9 Å². The van der Waals surface area contributed by atoms with Crippen LogP contribution in [-0.4, -0.2) is 12.6 Å². The van der Waals surface area contributed by atoms with Crippen molar-refractivity contribution in [2.45, 2.75) is 5.92 Å². The summed E-state index contributed by atoms with van der Waals surface area (Å²) in [7, 11) is 0. The van der Waals surface area contributed by atoms with Gasteiger partial charge in [-0.1, -0.05) is 24.3 Å². The predicted octanol–water partition coefficient (Wildman–Crippen LogP) is 2.05. The standard InChI is InChI=1S/C11H10N2O/c14-8-12-6-5-9-7-13-11-4-2-1-3-10(9)11/h1-6,9,13H,7H2/b6-5-. The van der Waals surface area contributed by atoms with Crippen LogP contribution in [0.1, 0.15) is 11.5 Å². The van der Waals surface area contributed by atoms with E-state index < -0.39 is 0 Å². The highest BCUT2D eigenvalue weighted by Gasteiger charge is 2.18. The minimum absolute atomic E-state index is 0.309. The Bertz CT molecular complexity index is 406. The van der Waals surface area contributed by atoms with Crippen LogP contribution in [0.3, 0.4) is 0 Å². The fraction of sp³-hybridized carbons (Fsp3) is 0.182. The molecule has 1 unspecified atom stereocenters. The Balaban J connectivity index is 2.22. The fourth-order valence-corrected chi connectivity index (χ4v) is 1.66. The molecule has 1 aliphatic rings. The van der Waals surface area contributed by atoms with E-state index in [4.69, 9.17) is 0 Å². The first kappa shape index (κ1) is 8.73. The van der Waals surface area contributed by atoms with E-state index in [0.29, 0.717) is 5.92 Å². The van der Waals surface area contributed by atoms with E-state index in [2.05, 4.69) is 16.4 Å². The number of benzene rings is 1. The molecule has 1 aliphatic heterocycles. The van der Waals surface area contributed by atoms with Gasteiger partial charge < -0.3 is 5.32 Å². The zero-order valence-corrected chi connectivity index (χ0v) is 7.60. The summed E-state index contributed by atoms with van der Waals surface area (Å²) in [6.07, 6.45) is 4.89. The number of anilines is 1. The summed E-state index contributed by atoms with van der Waals surface area (Å²) in [5.41, 5.74) is 2.42. The summed E-state index contributed by atoms with van der Waals surface area (Å²) < 4.78 is 0. The fourth-order valence-electron chi connectivity index (χ4n) is 1.66. The number of hydrogen-bond acceptors (Lipinski definition) is 3. The maximum atomic E-state index is 9.87. The highest BCUT2D eigenvalue weighted by molar-refractivity contribution is 5.58. The number of carbonyl (C=O) groups excluding carboxylic acids is 1. The Kier molecular flexibility index (Phi) is 2.43. The zero-order valence-electron chi connectivity index (χ0n) is 7.60. The molecule has 0 spiro atoms. The molecule has 1 aromatic carbocycles. The molecule has 0 aromatic heterocycles. The van der Waals surface area contributed by atoms with Crippen LogP contribution in [0.2, 0.25) is 0 Å². The third-order valence-electron chi connectivity index (χ3n) is 2.32. The van der Waals surface area contributed by atoms with Gasteiger partial charge in [-0.2, -0.15) is 4.99 Å². The van der Waals surface area contributed by atoms with Crippen LogP contribution in [0.4, 0.5) is 5.69 Å². The summed E-state index contributed by atoms with van der Waals surface area (Å²) >= 11 is 0. The van der Waals surface area contributed by atoms with Crippen LogP contribution in [0.5, 0.6) is 0 Å². The van der Waals surface area contributed by atoms with Gasteiger partial charge in [0.1, 0.15) is 0 Å². The lowest BCUT2D eigenvalue weighted by Crippen LogP contribution is -1.97. The van der Waals surface area contributed by atoms with E-state index in [1.54, 1.807) is 0 Å².